The van der Waals surface area contributed by atoms with E-state index in [0.717, 1.165) is 52.3 Å². The molecule has 0 aromatic carbocycles. The van der Waals surface area contributed by atoms with Crippen LogP contribution in [0, 0.1) is 5.41 Å². The van der Waals surface area contributed by atoms with Gasteiger partial charge in [-0.25, -0.2) is 0 Å². The van der Waals surface area contributed by atoms with E-state index in [2.05, 4.69) is 6.92 Å². The summed E-state index contributed by atoms with van der Waals surface area (Å²) in [6.07, 6.45) is 4.64. The minimum absolute atomic E-state index is 0.340. The van der Waals surface area contributed by atoms with Crippen LogP contribution in [0.4, 0.5) is 0 Å². The summed E-state index contributed by atoms with van der Waals surface area (Å²) in [5.41, 5.74) is 0.340. The fourth-order valence-corrected chi connectivity index (χ4v) is 1.70. The van der Waals surface area contributed by atoms with Crippen LogP contribution in [0.25, 0.3) is 0 Å². The number of methoxy groups -OCH3 is 1. The first kappa shape index (κ1) is 12.9. The van der Waals surface area contributed by atoms with Gasteiger partial charge in [-0.1, -0.05) is 6.92 Å². The summed E-state index contributed by atoms with van der Waals surface area (Å²) in [6.45, 7) is 6.59. The lowest BCUT2D eigenvalue weighted by molar-refractivity contribution is -0.150. The topological polar surface area (TPSA) is 27.7 Å². The quantitative estimate of drug-likeness (QED) is 0.553. The molecule has 90 valence electrons. The Morgan fingerprint density at radius 3 is 2.40 bits per heavy atom. The summed E-state index contributed by atoms with van der Waals surface area (Å²) < 4.78 is 15.9. The van der Waals surface area contributed by atoms with E-state index < -0.39 is 0 Å². The van der Waals surface area contributed by atoms with Crippen molar-refractivity contribution in [1.82, 2.24) is 0 Å². The fourth-order valence-electron chi connectivity index (χ4n) is 1.70. The molecule has 0 radical (unpaired) electrons. The SMILES string of the molecule is CCC1(COCCCCCOC)COC1. The molecule has 1 aliphatic rings. The van der Waals surface area contributed by atoms with Crippen molar-refractivity contribution in [3.05, 3.63) is 0 Å². The van der Waals surface area contributed by atoms with E-state index in [4.69, 9.17) is 14.2 Å². The average Bonchev–Trinajstić information content (AvgIpc) is 2.20. The van der Waals surface area contributed by atoms with E-state index in [1.165, 1.54) is 6.42 Å². The van der Waals surface area contributed by atoms with Gasteiger partial charge in [0.2, 0.25) is 0 Å². The van der Waals surface area contributed by atoms with Crippen LogP contribution in [0.15, 0.2) is 0 Å². The Labute approximate surface area is 93.1 Å². The molecular weight excluding hydrogens is 192 g/mol. The molecule has 3 nitrogen and oxygen atoms in total. The lowest BCUT2D eigenvalue weighted by Crippen LogP contribution is -2.45. The Morgan fingerprint density at radius 1 is 1.13 bits per heavy atom. The molecule has 1 rings (SSSR count). The molecule has 0 aromatic heterocycles. The van der Waals surface area contributed by atoms with Gasteiger partial charge in [0.05, 0.1) is 19.8 Å². The number of hydrogen-bond acceptors (Lipinski definition) is 3. The summed E-state index contributed by atoms with van der Waals surface area (Å²) in [5, 5.41) is 0. The summed E-state index contributed by atoms with van der Waals surface area (Å²) in [7, 11) is 1.75. The molecule has 0 saturated carbocycles. The van der Waals surface area contributed by atoms with Gasteiger partial charge >= 0.3 is 0 Å². The molecule has 0 spiro atoms. The molecular formula is C12H24O3. The second kappa shape index (κ2) is 7.20. The van der Waals surface area contributed by atoms with Crippen LogP contribution in [0.5, 0.6) is 0 Å². The van der Waals surface area contributed by atoms with Gasteiger partial charge in [-0.3, -0.25) is 0 Å². The van der Waals surface area contributed by atoms with Gasteiger partial charge in [0.15, 0.2) is 0 Å². The highest BCUT2D eigenvalue weighted by molar-refractivity contribution is 4.83. The molecule has 0 N–H and O–H groups in total. The van der Waals surface area contributed by atoms with Crippen molar-refractivity contribution in [1.29, 1.82) is 0 Å². The van der Waals surface area contributed by atoms with Crippen molar-refractivity contribution in [3.8, 4) is 0 Å². The van der Waals surface area contributed by atoms with Crippen molar-refractivity contribution < 1.29 is 14.2 Å². The summed E-state index contributed by atoms with van der Waals surface area (Å²) >= 11 is 0. The lowest BCUT2D eigenvalue weighted by Gasteiger charge is -2.40. The first-order valence-electron chi connectivity index (χ1n) is 5.97. The lowest BCUT2D eigenvalue weighted by atomic mass is 9.84. The molecule has 15 heavy (non-hydrogen) atoms. The smallest absolute Gasteiger partial charge is 0.0566 e. The normalized spacial score (nSPS) is 18.8. The van der Waals surface area contributed by atoms with E-state index in [-0.39, 0.29) is 0 Å². The molecule has 0 amide bonds. The summed E-state index contributed by atoms with van der Waals surface area (Å²) in [6, 6.07) is 0. The van der Waals surface area contributed by atoms with E-state index >= 15 is 0 Å². The second-order valence-electron chi connectivity index (χ2n) is 4.45. The van der Waals surface area contributed by atoms with E-state index in [9.17, 15) is 0 Å². The highest BCUT2D eigenvalue weighted by Crippen LogP contribution is 2.31. The number of unbranched alkanes of at least 4 members (excludes halogenated alkanes) is 2. The molecule has 0 bridgehead atoms. The standard InChI is InChI=1S/C12H24O3/c1-3-12(10-15-11-12)9-14-8-6-4-5-7-13-2/h3-11H2,1-2H3. The number of ether oxygens (including phenoxy) is 3. The van der Waals surface area contributed by atoms with Gasteiger partial charge in [0.1, 0.15) is 0 Å². The monoisotopic (exact) mass is 216 g/mol. The summed E-state index contributed by atoms with van der Waals surface area (Å²) in [4.78, 5) is 0. The van der Waals surface area contributed by atoms with Crippen LogP contribution in [0.3, 0.4) is 0 Å². The van der Waals surface area contributed by atoms with Gasteiger partial charge in [0, 0.05) is 25.7 Å². The van der Waals surface area contributed by atoms with Gasteiger partial charge in [-0.2, -0.15) is 0 Å². The van der Waals surface area contributed by atoms with Crippen molar-refractivity contribution in [2.45, 2.75) is 32.6 Å². The molecule has 1 heterocycles. The third-order valence-corrected chi connectivity index (χ3v) is 3.11. The third kappa shape index (κ3) is 4.49. The molecule has 0 aromatic rings. The van der Waals surface area contributed by atoms with Crippen molar-refractivity contribution >= 4 is 0 Å². The number of rotatable bonds is 9. The van der Waals surface area contributed by atoms with Gasteiger partial charge in [0.25, 0.3) is 0 Å². The Kier molecular flexibility index (Phi) is 6.22. The highest BCUT2D eigenvalue weighted by atomic mass is 16.5. The fraction of sp³-hybridized carbons (Fsp3) is 1.00. The van der Waals surface area contributed by atoms with Gasteiger partial charge in [-0.15, -0.1) is 0 Å². The maximum atomic E-state index is 5.69. The Hall–Kier alpha value is -0.120. The molecule has 0 unspecified atom stereocenters. The predicted molar refractivity (Wildman–Crippen MR) is 60.1 cm³/mol. The van der Waals surface area contributed by atoms with Crippen molar-refractivity contribution in [2.75, 3.05) is 40.1 Å². The predicted octanol–water partition coefficient (Wildman–Crippen LogP) is 2.25. The molecule has 1 saturated heterocycles. The maximum Gasteiger partial charge on any atom is 0.0566 e. The van der Waals surface area contributed by atoms with Crippen LogP contribution in [-0.4, -0.2) is 40.1 Å². The van der Waals surface area contributed by atoms with Gasteiger partial charge in [-0.05, 0) is 25.7 Å². The van der Waals surface area contributed by atoms with E-state index in [1.807, 2.05) is 0 Å². The minimum atomic E-state index is 0.340. The zero-order valence-electron chi connectivity index (χ0n) is 10.1. The first-order chi connectivity index (χ1) is 7.33. The Bertz CT molecular complexity index is 149. The van der Waals surface area contributed by atoms with Crippen LogP contribution >= 0.6 is 0 Å². The van der Waals surface area contributed by atoms with Crippen LogP contribution in [-0.2, 0) is 14.2 Å². The van der Waals surface area contributed by atoms with E-state index in [1.54, 1.807) is 7.11 Å². The van der Waals surface area contributed by atoms with Gasteiger partial charge < -0.3 is 14.2 Å². The zero-order valence-corrected chi connectivity index (χ0v) is 10.1. The van der Waals surface area contributed by atoms with Crippen LogP contribution in [0.1, 0.15) is 32.6 Å². The highest BCUT2D eigenvalue weighted by Gasteiger charge is 2.36. The third-order valence-electron chi connectivity index (χ3n) is 3.11. The number of hydrogen-bond donors (Lipinski definition) is 0. The summed E-state index contributed by atoms with van der Waals surface area (Å²) in [5.74, 6) is 0. The molecule has 1 aliphatic heterocycles. The first-order valence-corrected chi connectivity index (χ1v) is 5.97. The van der Waals surface area contributed by atoms with E-state index in [0.29, 0.717) is 5.41 Å². The largest absolute Gasteiger partial charge is 0.385 e. The average molecular weight is 216 g/mol. The molecule has 3 heteroatoms. The Balaban J connectivity index is 1.88. The second-order valence-corrected chi connectivity index (χ2v) is 4.45. The molecule has 0 atom stereocenters. The molecule has 1 fully saturated rings. The van der Waals surface area contributed by atoms with Crippen molar-refractivity contribution in [3.63, 3.8) is 0 Å². The maximum absolute atomic E-state index is 5.69. The Morgan fingerprint density at radius 2 is 1.87 bits per heavy atom. The van der Waals surface area contributed by atoms with Crippen LogP contribution < -0.4 is 0 Å². The minimum Gasteiger partial charge on any atom is -0.385 e. The van der Waals surface area contributed by atoms with Crippen molar-refractivity contribution in [2.24, 2.45) is 5.41 Å². The molecule has 0 aliphatic carbocycles. The van der Waals surface area contributed by atoms with Crippen LogP contribution in [0.2, 0.25) is 0 Å². The zero-order chi connectivity index (χ0) is 11.0.